The average molecular weight is 385 g/mol. The van der Waals surface area contributed by atoms with Crippen LogP contribution in [-0.2, 0) is 11.0 Å². The number of aryl methyl sites for hydroxylation is 1. The fourth-order valence-electron chi connectivity index (χ4n) is 2.19. The van der Waals surface area contributed by atoms with Gasteiger partial charge in [0.2, 0.25) is 5.91 Å². The monoisotopic (exact) mass is 385 g/mol. The van der Waals surface area contributed by atoms with Crippen LogP contribution in [0.5, 0.6) is 0 Å². The van der Waals surface area contributed by atoms with Crippen LogP contribution in [0, 0.1) is 6.92 Å². The first-order valence-corrected chi connectivity index (χ1v) is 8.68. The Morgan fingerprint density at radius 1 is 1.23 bits per heavy atom. The first-order chi connectivity index (χ1) is 12.1. The van der Waals surface area contributed by atoms with Crippen molar-refractivity contribution >= 4 is 23.2 Å². The highest BCUT2D eigenvalue weighted by Crippen LogP contribution is 2.32. The quantitative estimate of drug-likeness (QED) is 0.829. The number of halogens is 3. The van der Waals surface area contributed by atoms with Gasteiger partial charge in [0.1, 0.15) is 15.9 Å². The van der Waals surface area contributed by atoms with Crippen LogP contribution < -0.4 is 10.6 Å². The van der Waals surface area contributed by atoms with E-state index in [1.165, 1.54) is 12.1 Å². The van der Waals surface area contributed by atoms with Crippen LogP contribution >= 0.6 is 11.3 Å². The van der Waals surface area contributed by atoms with Crippen LogP contribution in [0.4, 0.5) is 13.2 Å². The number of carbonyl (C=O) groups excluding carboxylic acids is 2. The third-order valence-electron chi connectivity index (χ3n) is 3.55. The molecule has 1 atom stereocenters. The number of likely N-dealkylation sites (N-methyl/N-ethyl adjacent to an activating group) is 1. The molecule has 0 saturated carbocycles. The number of hydrogen-bond acceptors (Lipinski definition) is 4. The molecule has 2 rings (SSSR count). The summed E-state index contributed by atoms with van der Waals surface area (Å²) in [5.41, 5.74) is 0.190. The highest BCUT2D eigenvalue weighted by Gasteiger charge is 2.30. The molecule has 140 valence electrons. The van der Waals surface area contributed by atoms with Crippen molar-refractivity contribution in [2.24, 2.45) is 0 Å². The lowest BCUT2D eigenvalue weighted by Crippen LogP contribution is -2.44. The Morgan fingerprint density at radius 3 is 2.38 bits per heavy atom. The largest absolute Gasteiger partial charge is 0.416 e. The summed E-state index contributed by atoms with van der Waals surface area (Å²) < 4.78 is 37.9. The maximum Gasteiger partial charge on any atom is 0.416 e. The maximum absolute atomic E-state index is 12.6. The van der Waals surface area contributed by atoms with Crippen molar-refractivity contribution < 1.29 is 22.8 Å². The molecule has 0 aliphatic carbocycles. The fraction of sp³-hybridized carbons (Fsp3) is 0.353. The standard InChI is InChI=1S/C17H18F3N3O2S/c1-4-21-14(24)10(3)22-15(25)13-9(2)23-16(26-13)11-5-7-12(8-6-11)17(18,19)20/h5-8,10H,4H2,1-3H3,(H,21,24)(H,22,25). The molecule has 9 heteroatoms. The molecule has 1 heterocycles. The molecule has 2 N–H and O–H groups in total. The summed E-state index contributed by atoms with van der Waals surface area (Å²) in [6.45, 7) is 5.43. The van der Waals surface area contributed by atoms with Crippen molar-refractivity contribution in [3.05, 3.63) is 40.4 Å². The molecule has 0 aliphatic rings. The van der Waals surface area contributed by atoms with E-state index in [0.29, 0.717) is 27.7 Å². The number of alkyl halides is 3. The van der Waals surface area contributed by atoms with Crippen LogP contribution in [0.1, 0.15) is 34.8 Å². The van der Waals surface area contributed by atoms with E-state index in [1.807, 2.05) is 0 Å². The summed E-state index contributed by atoms with van der Waals surface area (Å²) in [5, 5.41) is 5.63. The van der Waals surface area contributed by atoms with Gasteiger partial charge in [-0.15, -0.1) is 11.3 Å². The molecule has 0 bridgehead atoms. The minimum absolute atomic E-state index is 0.300. The van der Waals surface area contributed by atoms with Gasteiger partial charge < -0.3 is 10.6 Å². The number of nitrogens with zero attached hydrogens (tertiary/aromatic N) is 1. The van der Waals surface area contributed by atoms with E-state index < -0.39 is 23.7 Å². The van der Waals surface area contributed by atoms with Crippen LogP contribution in [0.2, 0.25) is 0 Å². The number of aromatic nitrogens is 1. The van der Waals surface area contributed by atoms with E-state index >= 15 is 0 Å². The minimum Gasteiger partial charge on any atom is -0.355 e. The van der Waals surface area contributed by atoms with E-state index in [-0.39, 0.29) is 5.91 Å². The Kier molecular flexibility index (Phi) is 6.01. The van der Waals surface area contributed by atoms with Crippen molar-refractivity contribution in [2.45, 2.75) is 33.0 Å². The Bertz CT molecular complexity index is 801. The second-order valence-electron chi connectivity index (χ2n) is 5.60. The molecule has 5 nitrogen and oxygen atoms in total. The van der Waals surface area contributed by atoms with Crippen LogP contribution in [-0.4, -0.2) is 29.4 Å². The summed E-state index contributed by atoms with van der Waals surface area (Å²) in [6.07, 6.45) is -4.41. The SMILES string of the molecule is CCNC(=O)C(C)NC(=O)c1sc(-c2ccc(C(F)(F)F)cc2)nc1C. The summed E-state index contributed by atoms with van der Waals surface area (Å²) in [6, 6.07) is 3.88. The Hall–Kier alpha value is -2.42. The molecule has 1 aromatic carbocycles. The second kappa shape index (κ2) is 7.86. The Morgan fingerprint density at radius 2 is 1.85 bits per heavy atom. The molecule has 0 aliphatic heterocycles. The van der Waals surface area contributed by atoms with E-state index in [1.54, 1.807) is 20.8 Å². The van der Waals surface area contributed by atoms with Gasteiger partial charge >= 0.3 is 6.18 Å². The van der Waals surface area contributed by atoms with Gasteiger partial charge in [-0.05, 0) is 32.9 Å². The molecule has 2 aromatic rings. The van der Waals surface area contributed by atoms with Crippen LogP contribution in [0.25, 0.3) is 10.6 Å². The zero-order valence-electron chi connectivity index (χ0n) is 14.4. The van der Waals surface area contributed by atoms with Gasteiger partial charge in [-0.25, -0.2) is 4.98 Å². The molecule has 0 fully saturated rings. The number of thiazole rings is 1. The Balaban J connectivity index is 2.18. The molecular weight excluding hydrogens is 367 g/mol. The third-order valence-corrected chi connectivity index (χ3v) is 4.76. The average Bonchev–Trinajstić information content (AvgIpc) is 2.96. The predicted octanol–water partition coefficient (Wildman–Crippen LogP) is 3.39. The number of nitrogens with one attached hydrogen (secondary N) is 2. The van der Waals surface area contributed by atoms with Crippen molar-refractivity contribution in [3.8, 4) is 10.6 Å². The lowest BCUT2D eigenvalue weighted by molar-refractivity contribution is -0.137. The van der Waals surface area contributed by atoms with Gasteiger partial charge in [0.05, 0.1) is 11.3 Å². The highest BCUT2D eigenvalue weighted by atomic mass is 32.1. The van der Waals surface area contributed by atoms with E-state index in [4.69, 9.17) is 0 Å². The number of rotatable bonds is 5. The lowest BCUT2D eigenvalue weighted by Gasteiger charge is -2.12. The van der Waals surface area contributed by atoms with Gasteiger partial charge in [-0.2, -0.15) is 13.2 Å². The van der Waals surface area contributed by atoms with Gasteiger partial charge in [-0.3, -0.25) is 9.59 Å². The van der Waals surface area contributed by atoms with Crippen LogP contribution in [0.15, 0.2) is 24.3 Å². The van der Waals surface area contributed by atoms with Crippen LogP contribution in [0.3, 0.4) is 0 Å². The maximum atomic E-state index is 12.6. The summed E-state index contributed by atoms with van der Waals surface area (Å²) in [7, 11) is 0. The van der Waals surface area contributed by atoms with Crippen molar-refractivity contribution in [3.63, 3.8) is 0 Å². The highest BCUT2D eigenvalue weighted by molar-refractivity contribution is 7.17. The minimum atomic E-state index is -4.41. The lowest BCUT2D eigenvalue weighted by atomic mass is 10.1. The summed E-state index contributed by atoms with van der Waals surface area (Å²) in [5.74, 6) is -0.747. The molecule has 2 amide bonds. The first kappa shape index (κ1) is 19.9. The number of carbonyl (C=O) groups is 2. The fourth-order valence-corrected chi connectivity index (χ4v) is 3.16. The zero-order chi connectivity index (χ0) is 19.5. The number of benzene rings is 1. The van der Waals surface area contributed by atoms with Gasteiger partial charge in [0.25, 0.3) is 5.91 Å². The first-order valence-electron chi connectivity index (χ1n) is 7.87. The van der Waals surface area contributed by atoms with E-state index in [9.17, 15) is 22.8 Å². The molecule has 0 saturated heterocycles. The summed E-state index contributed by atoms with van der Waals surface area (Å²) in [4.78, 5) is 28.6. The van der Waals surface area contributed by atoms with E-state index in [0.717, 1.165) is 23.5 Å². The molecule has 26 heavy (non-hydrogen) atoms. The number of amides is 2. The Labute approximate surface area is 152 Å². The van der Waals surface area contributed by atoms with Crippen molar-refractivity contribution in [1.29, 1.82) is 0 Å². The smallest absolute Gasteiger partial charge is 0.355 e. The topological polar surface area (TPSA) is 71.1 Å². The normalized spacial score (nSPS) is 12.5. The molecule has 1 aromatic heterocycles. The van der Waals surface area contributed by atoms with Crippen molar-refractivity contribution in [1.82, 2.24) is 15.6 Å². The van der Waals surface area contributed by atoms with Gasteiger partial charge in [0.15, 0.2) is 0 Å². The van der Waals surface area contributed by atoms with Crippen molar-refractivity contribution in [2.75, 3.05) is 6.54 Å². The third kappa shape index (κ3) is 4.60. The van der Waals surface area contributed by atoms with Gasteiger partial charge in [-0.1, -0.05) is 12.1 Å². The molecular formula is C17H18F3N3O2S. The zero-order valence-corrected chi connectivity index (χ0v) is 15.2. The molecule has 0 radical (unpaired) electrons. The second-order valence-corrected chi connectivity index (χ2v) is 6.60. The summed E-state index contributed by atoms with van der Waals surface area (Å²) >= 11 is 1.07. The predicted molar refractivity (Wildman–Crippen MR) is 92.9 cm³/mol. The van der Waals surface area contributed by atoms with Gasteiger partial charge in [0, 0.05) is 12.1 Å². The number of hydrogen-bond donors (Lipinski definition) is 2. The molecule has 0 spiro atoms. The molecule has 1 unspecified atom stereocenters. The van der Waals surface area contributed by atoms with E-state index in [2.05, 4.69) is 15.6 Å².